The first kappa shape index (κ1) is 14.0. The smallest absolute Gasteiger partial charge is 0.165 e. The fourth-order valence-electron chi connectivity index (χ4n) is 1.71. The lowest BCUT2D eigenvalue weighted by atomic mass is 10.1. The first-order valence-corrected chi connectivity index (χ1v) is 6.78. The lowest BCUT2D eigenvalue weighted by Crippen LogP contribution is -2.06. The van der Waals surface area contributed by atoms with Gasteiger partial charge in [0.1, 0.15) is 6.61 Å². The van der Waals surface area contributed by atoms with Crippen molar-refractivity contribution in [3.63, 3.8) is 0 Å². The molecule has 0 amide bonds. The molecule has 0 unspecified atom stereocenters. The molecular formula is C15H15BrFNO. The van der Waals surface area contributed by atoms with Crippen molar-refractivity contribution in [2.75, 3.05) is 0 Å². The molecule has 0 aliphatic heterocycles. The van der Waals surface area contributed by atoms with E-state index in [2.05, 4.69) is 15.9 Å². The third kappa shape index (κ3) is 3.78. The van der Waals surface area contributed by atoms with Gasteiger partial charge in [0.05, 0.1) is 0 Å². The number of rotatable bonds is 4. The molecule has 19 heavy (non-hydrogen) atoms. The maximum Gasteiger partial charge on any atom is 0.165 e. The number of benzene rings is 2. The van der Waals surface area contributed by atoms with Crippen molar-refractivity contribution in [1.29, 1.82) is 0 Å². The van der Waals surface area contributed by atoms with Gasteiger partial charge < -0.3 is 10.5 Å². The third-order valence-electron chi connectivity index (χ3n) is 2.77. The Kier molecular flexibility index (Phi) is 4.56. The molecule has 0 radical (unpaired) electrons. The highest BCUT2D eigenvalue weighted by Gasteiger charge is 2.07. The molecule has 0 saturated heterocycles. The molecule has 0 spiro atoms. The van der Waals surface area contributed by atoms with Crippen LogP contribution in [0, 0.1) is 5.82 Å². The van der Waals surface area contributed by atoms with E-state index in [1.54, 1.807) is 12.1 Å². The first-order valence-electron chi connectivity index (χ1n) is 5.98. The van der Waals surface area contributed by atoms with E-state index in [0.717, 1.165) is 15.6 Å². The van der Waals surface area contributed by atoms with E-state index in [9.17, 15) is 4.39 Å². The van der Waals surface area contributed by atoms with E-state index in [4.69, 9.17) is 10.5 Å². The van der Waals surface area contributed by atoms with E-state index in [1.165, 1.54) is 6.07 Å². The van der Waals surface area contributed by atoms with Gasteiger partial charge in [-0.3, -0.25) is 0 Å². The number of hydrogen-bond acceptors (Lipinski definition) is 2. The largest absolute Gasteiger partial charge is 0.486 e. The molecule has 4 heteroatoms. The van der Waals surface area contributed by atoms with Crippen molar-refractivity contribution >= 4 is 15.9 Å². The Hall–Kier alpha value is -1.39. The van der Waals surface area contributed by atoms with Gasteiger partial charge in [0, 0.05) is 10.5 Å². The molecule has 0 heterocycles. The normalized spacial score (nSPS) is 12.2. The lowest BCUT2D eigenvalue weighted by molar-refractivity contribution is 0.290. The van der Waals surface area contributed by atoms with Crippen LogP contribution in [0.15, 0.2) is 46.9 Å². The molecular weight excluding hydrogens is 309 g/mol. The standard InChI is InChI=1S/C15H15BrFNO/c1-10(18)12-5-6-15(14(17)8-12)19-9-11-3-2-4-13(16)7-11/h2-8,10H,9,18H2,1H3/t10-/m0/s1. The number of nitrogens with two attached hydrogens (primary N) is 1. The quantitative estimate of drug-likeness (QED) is 0.915. The second-order valence-corrected chi connectivity index (χ2v) is 5.31. The van der Waals surface area contributed by atoms with Gasteiger partial charge in [0.25, 0.3) is 0 Å². The minimum atomic E-state index is -0.384. The summed E-state index contributed by atoms with van der Waals surface area (Å²) in [4.78, 5) is 0. The predicted molar refractivity (Wildman–Crippen MR) is 77.5 cm³/mol. The van der Waals surface area contributed by atoms with Crippen LogP contribution in [0.1, 0.15) is 24.1 Å². The van der Waals surface area contributed by atoms with Crippen LogP contribution in [0.5, 0.6) is 5.75 Å². The highest BCUT2D eigenvalue weighted by molar-refractivity contribution is 9.10. The molecule has 100 valence electrons. The van der Waals surface area contributed by atoms with Crippen molar-refractivity contribution in [2.45, 2.75) is 19.6 Å². The highest BCUT2D eigenvalue weighted by atomic mass is 79.9. The fraction of sp³-hybridized carbons (Fsp3) is 0.200. The maximum absolute atomic E-state index is 13.8. The third-order valence-corrected chi connectivity index (χ3v) is 3.26. The summed E-state index contributed by atoms with van der Waals surface area (Å²) in [5, 5.41) is 0. The Morgan fingerprint density at radius 1 is 1.26 bits per heavy atom. The molecule has 2 aromatic carbocycles. The first-order chi connectivity index (χ1) is 9.06. The van der Waals surface area contributed by atoms with Crippen molar-refractivity contribution in [3.8, 4) is 5.75 Å². The van der Waals surface area contributed by atoms with E-state index >= 15 is 0 Å². The molecule has 2 nitrogen and oxygen atoms in total. The molecule has 0 saturated carbocycles. The SMILES string of the molecule is C[C@H](N)c1ccc(OCc2cccc(Br)c2)c(F)c1. The monoisotopic (exact) mass is 323 g/mol. The van der Waals surface area contributed by atoms with Gasteiger partial charge in [-0.1, -0.05) is 34.1 Å². The molecule has 1 atom stereocenters. The van der Waals surface area contributed by atoms with Gasteiger partial charge in [-0.15, -0.1) is 0 Å². The van der Waals surface area contributed by atoms with Crippen LogP contribution >= 0.6 is 15.9 Å². The second-order valence-electron chi connectivity index (χ2n) is 4.40. The summed E-state index contributed by atoms with van der Waals surface area (Å²) in [5.41, 5.74) is 7.44. The zero-order chi connectivity index (χ0) is 13.8. The summed E-state index contributed by atoms with van der Waals surface area (Å²) in [5.74, 6) is -0.144. The van der Waals surface area contributed by atoms with Gasteiger partial charge in [0.2, 0.25) is 0 Å². The van der Waals surface area contributed by atoms with Gasteiger partial charge in [-0.25, -0.2) is 4.39 Å². The highest BCUT2D eigenvalue weighted by Crippen LogP contribution is 2.22. The van der Waals surface area contributed by atoms with Crippen LogP contribution in [-0.4, -0.2) is 0 Å². The number of halogens is 2. The fourth-order valence-corrected chi connectivity index (χ4v) is 2.15. The summed E-state index contributed by atoms with van der Waals surface area (Å²) in [6.45, 7) is 2.14. The molecule has 0 aromatic heterocycles. The Bertz CT molecular complexity index is 572. The summed E-state index contributed by atoms with van der Waals surface area (Å²) >= 11 is 3.38. The lowest BCUT2D eigenvalue weighted by Gasteiger charge is -2.10. The van der Waals surface area contributed by atoms with Crippen LogP contribution < -0.4 is 10.5 Å². The predicted octanol–water partition coefficient (Wildman–Crippen LogP) is 4.19. The van der Waals surface area contributed by atoms with E-state index < -0.39 is 0 Å². The minimum Gasteiger partial charge on any atom is -0.486 e. The summed E-state index contributed by atoms with van der Waals surface area (Å²) < 4.78 is 20.3. The molecule has 0 aliphatic carbocycles. The van der Waals surface area contributed by atoms with E-state index in [0.29, 0.717) is 6.61 Å². The Morgan fingerprint density at radius 2 is 2.05 bits per heavy atom. The van der Waals surface area contributed by atoms with Crippen LogP contribution in [-0.2, 0) is 6.61 Å². The Balaban J connectivity index is 2.07. The molecule has 2 N–H and O–H groups in total. The second kappa shape index (κ2) is 6.17. The van der Waals surface area contributed by atoms with Gasteiger partial charge in [-0.2, -0.15) is 0 Å². The van der Waals surface area contributed by atoms with Crippen LogP contribution in [0.4, 0.5) is 4.39 Å². The Morgan fingerprint density at radius 3 is 2.68 bits per heavy atom. The van der Waals surface area contributed by atoms with Gasteiger partial charge >= 0.3 is 0 Å². The van der Waals surface area contributed by atoms with E-state index in [-0.39, 0.29) is 17.6 Å². The van der Waals surface area contributed by atoms with Gasteiger partial charge in [0.15, 0.2) is 11.6 Å². The molecule has 0 fully saturated rings. The zero-order valence-electron chi connectivity index (χ0n) is 10.6. The maximum atomic E-state index is 13.8. The van der Waals surface area contributed by atoms with Crippen molar-refractivity contribution < 1.29 is 9.13 Å². The number of hydrogen-bond donors (Lipinski definition) is 1. The summed E-state index contributed by atoms with van der Waals surface area (Å²) in [6, 6.07) is 12.3. The molecule has 2 aromatic rings. The van der Waals surface area contributed by atoms with Gasteiger partial charge in [-0.05, 0) is 42.3 Å². The Labute approximate surface area is 120 Å². The summed E-state index contributed by atoms with van der Waals surface area (Å²) in [7, 11) is 0. The van der Waals surface area contributed by atoms with Crippen LogP contribution in [0.2, 0.25) is 0 Å². The van der Waals surface area contributed by atoms with Crippen molar-refractivity contribution in [3.05, 3.63) is 63.9 Å². The molecule has 0 bridgehead atoms. The minimum absolute atomic E-state index is 0.186. The van der Waals surface area contributed by atoms with Crippen LogP contribution in [0.3, 0.4) is 0 Å². The summed E-state index contributed by atoms with van der Waals surface area (Å²) in [6.07, 6.45) is 0. The molecule has 2 rings (SSSR count). The average Bonchev–Trinajstić information content (AvgIpc) is 2.37. The van der Waals surface area contributed by atoms with E-state index in [1.807, 2.05) is 31.2 Å². The van der Waals surface area contributed by atoms with Crippen molar-refractivity contribution in [1.82, 2.24) is 0 Å². The molecule has 0 aliphatic rings. The number of ether oxygens (including phenoxy) is 1. The average molecular weight is 324 g/mol. The van der Waals surface area contributed by atoms with Crippen molar-refractivity contribution in [2.24, 2.45) is 5.73 Å². The zero-order valence-corrected chi connectivity index (χ0v) is 12.2. The topological polar surface area (TPSA) is 35.2 Å². The van der Waals surface area contributed by atoms with Crippen LogP contribution in [0.25, 0.3) is 0 Å².